The summed E-state index contributed by atoms with van der Waals surface area (Å²) in [5.74, 6) is 0. The first-order valence-electron chi connectivity index (χ1n) is 7.31. The minimum Gasteiger partial charge on any atom is -0.396 e. The van der Waals surface area contributed by atoms with E-state index < -0.39 is 10.0 Å². The van der Waals surface area contributed by atoms with Crippen LogP contribution in [0.25, 0.3) is 0 Å². The first-order valence-corrected chi connectivity index (χ1v) is 8.80. The minimum atomic E-state index is -3.54. The number of aliphatic hydroxyl groups excluding tert-OH is 1. The van der Waals surface area contributed by atoms with Crippen molar-refractivity contribution >= 4 is 10.0 Å². The van der Waals surface area contributed by atoms with Gasteiger partial charge in [-0.3, -0.25) is 0 Å². The molecule has 0 aliphatic heterocycles. The maximum atomic E-state index is 12.5. The summed E-state index contributed by atoms with van der Waals surface area (Å²) in [6, 6.07) is 5.59. The monoisotopic (exact) mass is 311 g/mol. The summed E-state index contributed by atoms with van der Waals surface area (Å²) in [4.78, 5) is 0.337. The van der Waals surface area contributed by atoms with Crippen molar-refractivity contribution in [2.75, 3.05) is 13.2 Å². The van der Waals surface area contributed by atoms with Crippen molar-refractivity contribution in [3.8, 4) is 0 Å². The highest BCUT2D eigenvalue weighted by atomic mass is 32.2. The van der Waals surface area contributed by atoms with E-state index in [0.29, 0.717) is 11.4 Å². The zero-order chi connectivity index (χ0) is 15.9. The third-order valence-electron chi connectivity index (χ3n) is 4.27. The highest BCUT2D eigenvalue weighted by Gasteiger charge is 2.42. The Balaban J connectivity index is 2.27. The van der Waals surface area contributed by atoms with Crippen LogP contribution in [0, 0.1) is 12.3 Å². The molecule has 1 aliphatic rings. The Bertz CT molecular complexity index is 625. The average molecular weight is 311 g/mol. The molecule has 1 aromatic carbocycles. The second-order valence-electron chi connectivity index (χ2n) is 7.21. The zero-order valence-corrected chi connectivity index (χ0v) is 14.0. The van der Waals surface area contributed by atoms with Gasteiger partial charge in [-0.1, -0.05) is 32.9 Å². The van der Waals surface area contributed by atoms with Crippen molar-refractivity contribution in [3.63, 3.8) is 0 Å². The molecular formula is C16H25NO3S. The fourth-order valence-electron chi connectivity index (χ4n) is 2.25. The highest BCUT2D eigenvalue weighted by Crippen LogP contribution is 2.44. The predicted octanol–water partition coefficient (Wildman–Crippen LogP) is 2.34. The maximum Gasteiger partial charge on any atom is 0.240 e. The van der Waals surface area contributed by atoms with E-state index in [1.807, 2.05) is 12.1 Å². The standard InChI is InChI=1S/C16H25NO3S/c1-12-5-6-13(15(2,3)4)9-14(12)21(19,20)17-10-16(11-18)7-8-16/h5-6,9,17-18H,7-8,10-11H2,1-4H3. The molecule has 21 heavy (non-hydrogen) atoms. The van der Waals surface area contributed by atoms with E-state index in [1.165, 1.54) is 0 Å². The third kappa shape index (κ3) is 3.65. The molecular weight excluding hydrogens is 286 g/mol. The lowest BCUT2D eigenvalue weighted by molar-refractivity contribution is 0.213. The average Bonchev–Trinajstić information content (AvgIpc) is 3.16. The van der Waals surface area contributed by atoms with E-state index in [0.717, 1.165) is 24.0 Å². The van der Waals surface area contributed by atoms with Crippen LogP contribution in [0.15, 0.2) is 23.1 Å². The van der Waals surface area contributed by atoms with E-state index in [9.17, 15) is 13.5 Å². The van der Waals surface area contributed by atoms with Gasteiger partial charge in [0.2, 0.25) is 10.0 Å². The molecule has 1 aliphatic carbocycles. The molecule has 0 heterocycles. The van der Waals surface area contributed by atoms with Crippen molar-refractivity contribution in [1.82, 2.24) is 4.72 Å². The highest BCUT2D eigenvalue weighted by molar-refractivity contribution is 7.89. The topological polar surface area (TPSA) is 66.4 Å². The molecule has 1 fully saturated rings. The molecule has 0 saturated heterocycles. The fraction of sp³-hybridized carbons (Fsp3) is 0.625. The molecule has 2 rings (SSSR count). The number of nitrogens with one attached hydrogen (secondary N) is 1. The van der Waals surface area contributed by atoms with Crippen LogP contribution in [0.2, 0.25) is 0 Å². The second-order valence-corrected chi connectivity index (χ2v) is 8.95. The molecule has 1 aromatic rings. The van der Waals surface area contributed by atoms with Gasteiger partial charge in [0.1, 0.15) is 0 Å². The Hall–Kier alpha value is -0.910. The normalized spacial score (nSPS) is 17.8. The van der Waals surface area contributed by atoms with Gasteiger partial charge in [0.15, 0.2) is 0 Å². The number of hydrogen-bond donors (Lipinski definition) is 2. The van der Waals surface area contributed by atoms with Gasteiger partial charge in [-0.2, -0.15) is 0 Å². The SMILES string of the molecule is Cc1ccc(C(C)(C)C)cc1S(=O)(=O)NCC1(CO)CC1. The molecule has 0 atom stereocenters. The summed E-state index contributed by atoms with van der Waals surface area (Å²) < 4.78 is 27.7. The van der Waals surface area contributed by atoms with Crippen LogP contribution in [0.1, 0.15) is 44.7 Å². The Kier molecular flexibility index (Phi) is 4.21. The van der Waals surface area contributed by atoms with Crippen LogP contribution in [0.4, 0.5) is 0 Å². The molecule has 0 spiro atoms. The molecule has 2 N–H and O–H groups in total. The van der Waals surface area contributed by atoms with Crippen LogP contribution < -0.4 is 4.72 Å². The second kappa shape index (κ2) is 5.38. The van der Waals surface area contributed by atoms with Gasteiger partial charge in [-0.25, -0.2) is 13.1 Å². The fourth-order valence-corrected chi connectivity index (χ4v) is 3.68. The van der Waals surface area contributed by atoms with Gasteiger partial charge in [0.05, 0.1) is 4.90 Å². The summed E-state index contributed by atoms with van der Waals surface area (Å²) in [7, 11) is -3.54. The lowest BCUT2D eigenvalue weighted by Crippen LogP contribution is -2.32. The lowest BCUT2D eigenvalue weighted by Gasteiger charge is -2.21. The molecule has 0 bridgehead atoms. The van der Waals surface area contributed by atoms with Crippen molar-refractivity contribution in [2.24, 2.45) is 5.41 Å². The van der Waals surface area contributed by atoms with Gasteiger partial charge >= 0.3 is 0 Å². The summed E-state index contributed by atoms with van der Waals surface area (Å²) in [6.45, 7) is 8.34. The van der Waals surface area contributed by atoms with Crippen molar-refractivity contribution in [1.29, 1.82) is 0 Å². The van der Waals surface area contributed by atoms with Crippen LogP contribution in [-0.4, -0.2) is 26.7 Å². The molecule has 118 valence electrons. The van der Waals surface area contributed by atoms with Gasteiger partial charge in [-0.15, -0.1) is 0 Å². The van der Waals surface area contributed by atoms with Gasteiger partial charge < -0.3 is 5.11 Å². The van der Waals surface area contributed by atoms with Crippen LogP contribution >= 0.6 is 0 Å². The predicted molar refractivity (Wildman–Crippen MR) is 83.8 cm³/mol. The van der Waals surface area contributed by atoms with E-state index >= 15 is 0 Å². The van der Waals surface area contributed by atoms with Crippen molar-refractivity contribution < 1.29 is 13.5 Å². The van der Waals surface area contributed by atoms with Crippen molar-refractivity contribution in [3.05, 3.63) is 29.3 Å². The molecule has 5 heteroatoms. The Morgan fingerprint density at radius 2 is 1.90 bits per heavy atom. The first-order chi connectivity index (χ1) is 9.60. The molecule has 0 amide bonds. The molecule has 4 nitrogen and oxygen atoms in total. The van der Waals surface area contributed by atoms with Gasteiger partial charge in [0.25, 0.3) is 0 Å². The number of sulfonamides is 1. The summed E-state index contributed by atoms with van der Waals surface area (Å²) in [6.07, 6.45) is 1.76. The molecule has 1 saturated carbocycles. The lowest BCUT2D eigenvalue weighted by atomic mass is 9.87. The quantitative estimate of drug-likeness (QED) is 0.877. The zero-order valence-electron chi connectivity index (χ0n) is 13.2. The van der Waals surface area contributed by atoms with E-state index in [-0.39, 0.29) is 17.4 Å². The minimum absolute atomic E-state index is 0.0382. The van der Waals surface area contributed by atoms with E-state index in [2.05, 4.69) is 25.5 Å². The molecule has 0 aromatic heterocycles. The Morgan fingerprint density at radius 1 is 1.29 bits per heavy atom. The molecule has 0 radical (unpaired) electrons. The number of hydrogen-bond acceptors (Lipinski definition) is 3. The first kappa shape index (κ1) is 16.5. The van der Waals surface area contributed by atoms with Gasteiger partial charge in [-0.05, 0) is 42.4 Å². The maximum absolute atomic E-state index is 12.5. The van der Waals surface area contributed by atoms with Crippen LogP contribution in [0.3, 0.4) is 0 Å². The van der Waals surface area contributed by atoms with Gasteiger partial charge in [0, 0.05) is 18.6 Å². The number of benzene rings is 1. The molecule has 0 unspecified atom stereocenters. The summed E-state index contributed by atoms with van der Waals surface area (Å²) >= 11 is 0. The summed E-state index contributed by atoms with van der Waals surface area (Å²) in [5, 5.41) is 9.29. The van der Waals surface area contributed by atoms with Crippen molar-refractivity contribution in [2.45, 2.75) is 50.8 Å². The number of aliphatic hydroxyl groups is 1. The summed E-state index contributed by atoms with van der Waals surface area (Å²) in [5.41, 5.74) is 1.41. The number of rotatable bonds is 5. The van der Waals surface area contributed by atoms with E-state index in [4.69, 9.17) is 0 Å². The largest absolute Gasteiger partial charge is 0.396 e. The smallest absolute Gasteiger partial charge is 0.240 e. The third-order valence-corrected chi connectivity index (χ3v) is 5.82. The Morgan fingerprint density at radius 3 is 2.38 bits per heavy atom. The Labute approximate surface area is 127 Å². The number of aryl methyl sites for hydroxylation is 1. The van der Waals surface area contributed by atoms with Crippen LogP contribution in [0.5, 0.6) is 0 Å². The van der Waals surface area contributed by atoms with E-state index in [1.54, 1.807) is 13.0 Å². The van der Waals surface area contributed by atoms with Crippen LogP contribution in [-0.2, 0) is 15.4 Å².